The molecule has 86 valence electrons. The molecule has 0 spiro atoms. The van der Waals surface area contributed by atoms with Crippen molar-refractivity contribution in [1.82, 2.24) is 0 Å². The molecule has 0 bridgehead atoms. The molecule has 0 saturated carbocycles. The summed E-state index contributed by atoms with van der Waals surface area (Å²) in [7, 11) is 4.65. The maximum absolute atomic E-state index is 8.76. The number of rotatable bonds is 4. The summed E-state index contributed by atoms with van der Waals surface area (Å²) in [6.07, 6.45) is 0.240. The third-order valence-electron chi connectivity index (χ3n) is 2.15. The van der Waals surface area contributed by atoms with Crippen molar-refractivity contribution in [2.24, 2.45) is 0 Å². The summed E-state index contributed by atoms with van der Waals surface area (Å²) in [5.41, 5.74) is 0.752. The lowest BCUT2D eigenvalue weighted by Gasteiger charge is -2.15. The van der Waals surface area contributed by atoms with Gasteiger partial charge in [0.1, 0.15) is 5.75 Å². The Morgan fingerprint density at radius 2 is 1.81 bits per heavy atom. The van der Waals surface area contributed by atoms with E-state index in [-0.39, 0.29) is 6.42 Å². The van der Waals surface area contributed by atoms with E-state index in [1.165, 1.54) is 0 Å². The number of methoxy groups -OCH3 is 3. The quantitative estimate of drug-likeness (QED) is 0.853. The van der Waals surface area contributed by atoms with Gasteiger partial charge in [-0.3, -0.25) is 0 Å². The van der Waals surface area contributed by atoms with Gasteiger partial charge in [0.25, 0.3) is 0 Å². The second kappa shape index (κ2) is 5.61. The Bertz CT molecular complexity index is 426. The SMILES string of the molecule is COc1cc(OC)c(OC)c(Br)c1CC#N. The highest BCUT2D eigenvalue weighted by atomic mass is 79.9. The molecule has 0 saturated heterocycles. The van der Waals surface area contributed by atoms with Crippen molar-refractivity contribution in [2.45, 2.75) is 6.42 Å². The second-order valence-electron chi connectivity index (χ2n) is 2.94. The zero-order chi connectivity index (χ0) is 12.1. The van der Waals surface area contributed by atoms with Crippen molar-refractivity contribution < 1.29 is 14.2 Å². The number of ether oxygens (including phenoxy) is 3. The summed E-state index contributed by atoms with van der Waals surface area (Å²) in [5.74, 6) is 1.73. The van der Waals surface area contributed by atoms with Gasteiger partial charge in [0.15, 0.2) is 11.5 Å². The average Bonchev–Trinajstić information content (AvgIpc) is 2.31. The predicted molar refractivity (Wildman–Crippen MR) is 63.1 cm³/mol. The van der Waals surface area contributed by atoms with Crippen molar-refractivity contribution in [1.29, 1.82) is 5.26 Å². The highest BCUT2D eigenvalue weighted by Crippen LogP contribution is 2.42. The van der Waals surface area contributed by atoms with Crippen LogP contribution in [0.3, 0.4) is 0 Å². The highest BCUT2D eigenvalue weighted by Gasteiger charge is 2.18. The minimum absolute atomic E-state index is 0.240. The van der Waals surface area contributed by atoms with Gasteiger partial charge in [-0.15, -0.1) is 0 Å². The topological polar surface area (TPSA) is 51.5 Å². The van der Waals surface area contributed by atoms with E-state index in [9.17, 15) is 0 Å². The first kappa shape index (κ1) is 12.7. The van der Waals surface area contributed by atoms with E-state index in [4.69, 9.17) is 19.5 Å². The lowest BCUT2D eigenvalue weighted by Crippen LogP contribution is -1.98. The fraction of sp³-hybridized carbons (Fsp3) is 0.364. The number of halogens is 1. The van der Waals surface area contributed by atoms with Crippen LogP contribution in [0.4, 0.5) is 0 Å². The van der Waals surface area contributed by atoms with Crippen LogP contribution in [0.1, 0.15) is 5.56 Å². The van der Waals surface area contributed by atoms with E-state index in [1.807, 2.05) is 0 Å². The number of benzene rings is 1. The van der Waals surface area contributed by atoms with Crippen LogP contribution < -0.4 is 14.2 Å². The van der Waals surface area contributed by atoms with E-state index in [0.717, 1.165) is 5.56 Å². The Hall–Kier alpha value is -1.41. The second-order valence-corrected chi connectivity index (χ2v) is 3.73. The van der Waals surface area contributed by atoms with Crippen LogP contribution in [0.25, 0.3) is 0 Å². The number of nitrogens with zero attached hydrogens (tertiary/aromatic N) is 1. The Morgan fingerprint density at radius 3 is 2.25 bits per heavy atom. The molecule has 16 heavy (non-hydrogen) atoms. The Kier molecular flexibility index (Phi) is 4.44. The zero-order valence-electron chi connectivity index (χ0n) is 9.33. The maximum Gasteiger partial charge on any atom is 0.175 e. The third-order valence-corrected chi connectivity index (χ3v) is 2.99. The van der Waals surface area contributed by atoms with E-state index in [0.29, 0.717) is 21.7 Å². The fourth-order valence-corrected chi connectivity index (χ4v) is 2.09. The molecule has 0 fully saturated rings. The number of hydrogen-bond donors (Lipinski definition) is 0. The molecule has 0 unspecified atom stereocenters. The van der Waals surface area contributed by atoms with Gasteiger partial charge in [0.2, 0.25) is 0 Å². The smallest absolute Gasteiger partial charge is 0.175 e. The molecular weight excluding hydrogens is 274 g/mol. The highest BCUT2D eigenvalue weighted by molar-refractivity contribution is 9.10. The predicted octanol–water partition coefficient (Wildman–Crippen LogP) is 2.54. The van der Waals surface area contributed by atoms with Crippen molar-refractivity contribution in [3.05, 3.63) is 16.1 Å². The standard InChI is InChI=1S/C11H12BrNO3/c1-14-8-6-9(15-2)11(16-3)10(12)7(8)4-5-13/h6H,4H2,1-3H3. The summed E-state index contributed by atoms with van der Waals surface area (Å²) in [6.45, 7) is 0. The molecule has 0 N–H and O–H groups in total. The average molecular weight is 286 g/mol. The summed E-state index contributed by atoms with van der Waals surface area (Å²) in [4.78, 5) is 0. The minimum atomic E-state index is 0.240. The van der Waals surface area contributed by atoms with Crippen molar-refractivity contribution >= 4 is 15.9 Å². The van der Waals surface area contributed by atoms with Crippen LogP contribution in [0.2, 0.25) is 0 Å². The molecule has 1 rings (SSSR count). The summed E-state index contributed by atoms with van der Waals surface area (Å²) < 4.78 is 16.3. The fourth-order valence-electron chi connectivity index (χ4n) is 1.39. The number of hydrogen-bond acceptors (Lipinski definition) is 4. The lowest BCUT2D eigenvalue weighted by molar-refractivity contribution is 0.345. The molecule has 0 heterocycles. The molecule has 0 radical (unpaired) electrons. The summed E-state index contributed by atoms with van der Waals surface area (Å²) in [5, 5.41) is 8.76. The molecule has 1 aromatic carbocycles. The molecule has 0 atom stereocenters. The third kappa shape index (κ3) is 2.22. The van der Waals surface area contributed by atoms with Crippen molar-refractivity contribution in [2.75, 3.05) is 21.3 Å². The van der Waals surface area contributed by atoms with Gasteiger partial charge < -0.3 is 14.2 Å². The van der Waals surface area contributed by atoms with Gasteiger partial charge in [-0.2, -0.15) is 5.26 Å². The van der Waals surface area contributed by atoms with Crippen LogP contribution in [0, 0.1) is 11.3 Å². The van der Waals surface area contributed by atoms with E-state index in [1.54, 1.807) is 27.4 Å². The van der Waals surface area contributed by atoms with E-state index < -0.39 is 0 Å². The van der Waals surface area contributed by atoms with Gasteiger partial charge in [-0.1, -0.05) is 0 Å². The van der Waals surface area contributed by atoms with Crippen molar-refractivity contribution in [3.63, 3.8) is 0 Å². The van der Waals surface area contributed by atoms with Gasteiger partial charge in [0.05, 0.1) is 38.3 Å². The molecule has 0 aromatic heterocycles. The normalized spacial score (nSPS) is 9.44. The van der Waals surface area contributed by atoms with Crippen LogP contribution in [0.15, 0.2) is 10.5 Å². The Labute approximate surface area is 103 Å². The van der Waals surface area contributed by atoms with Gasteiger partial charge in [0, 0.05) is 11.6 Å². The van der Waals surface area contributed by atoms with Crippen LogP contribution in [0.5, 0.6) is 17.2 Å². The first-order valence-corrected chi connectivity index (χ1v) is 5.33. The van der Waals surface area contributed by atoms with E-state index in [2.05, 4.69) is 22.0 Å². The Balaban J connectivity index is 3.43. The molecule has 0 aliphatic heterocycles. The van der Waals surface area contributed by atoms with Crippen LogP contribution in [-0.2, 0) is 6.42 Å². The molecule has 1 aromatic rings. The number of nitriles is 1. The van der Waals surface area contributed by atoms with Gasteiger partial charge >= 0.3 is 0 Å². The van der Waals surface area contributed by atoms with Gasteiger partial charge in [-0.25, -0.2) is 0 Å². The van der Waals surface area contributed by atoms with Crippen LogP contribution >= 0.6 is 15.9 Å². The first-order valence-electron chi connectivity index (χ1n) is 4.53. The molecular formula is C11H12BrNO3. The molecule has 0 aliphatic carbocycles. The summed E-state index contributed by atoms with van der Waals surface area (Å²) in [6, 6.07) is 3.79. The molecule has 0 aliphatic rings. The van der Waals surface area contributed by atoms with E-state index >= 15 is 0 Å². The van der Waals surface area contributed by atoms with Crippen molar-refractivity contribution in [3.8, 4) is 23.3 Å². The summed E-state index contributed by atoms with van der Waals surface area (Å²) >= 11 is 3.39. The Morgan fingerprint density at radius 1 is 1.19 bits per heavy atom. The largest absolute Gasteiger partial charge is 0.496 e. The molecule has 5 heteroatoms. The molecule has 4 nitrogen and oxygen atoms in total. The van der Waals surface area contributed by atoms with Gasteiger partial charge in [-0.05, 0) is 15.9 Å². The lowest BCUT2D eigenvalue weighted by atomic mass is 10.1. The molecule has 0 amide bonds. The maximum atomic E-state index is 8.76. The monoisotopic (exact) mass is 285 g/mol. The minimum Gasteiger partial charge on any atom is -0.496 e. The zero-order valence-corrected chi connectivity index (χ0v) is 10.9. The van der Waals surface area contributed by atoms with Crippen LogP contribution in [-0.4, -0.2) is 21.3 Å². The first-order chi connectivity index (χ1) is 7.69.